The number of H-pyrrole nitrogens is 2. The van der Waals surface area contributed by atoms with E-state index in [-0.39, 0.29) is 35.7 Å². The van der Waals surface area contributed by atoms with Gasteiger partial charge in [-0.25, -0.2) is 28.9 Å². The van der Waals surface area contributed by atoms with Crippen LogP contribution >= 0.6 is 11.3 Å². The highest BCUT2D eigenvalue weighted by Gasteiger charge is 2.62. The molecule has 2 aliphatic carbocycles. The number of piperidine rings is 1. The van der Waals surface area contributed by atoms with Gasteiger partial charge in [-0.15, -0.1) is 11.3 Å². The van der Waals surface area contributed by atoms with Crippen molar-refractivity contribution in [2.24, 2.45) is 22.7 Å². The van der Waals surface area contributed by atoms with Gasteiger partial charge in [0.05, 0.1) is 71.2 Å². The molecule has 19 heteroatoms. The zero-order chi connectivity index (χ0) is 50.5. The van der Waals surface area contributed by atoms with Gasteiger partial charge in [-0.05, 0) is 107 Å². The van der Waals surface area contributed by atoms with E-state index in [2.05, 4.69) is 79.8 Å². The summed E-state index contributed by atoms with van der Waals surface area (Å²) in [6.45, 7) is 10.9. The molecule has 0 radical (unpaired) electrons. The SMILES string of the molecule is COC(=O)/N=C(/C(=O)N1C2C(C)C2C[C@H]1c1ncc(-c2ccc3c(c2)cc2n3C(c3cnc(C4CCC4)s3)Oc3cc(-c4cnc([C@@H]5CCCN5C(=O)[C@@H](NC(=O)OC)C(C)C)[nH]4)cc(C)c3-2)[nH]1)C(C)(C)F. The second-order valence-corrected chi connectivity index (χ2v) is 21.9. The van der Waals surface area contributed by atoms with Crippen molar-refractivity contribution in [2.45, 2.75) is 122 Å². The van der Waals surface area contributed by atoms with Gasteiger partial charge in [-0.3, -0.25) is 14.2 Å². The zero-order valence-electron chi connectivity index (χ0n) is 41.6. The highest BCUT2D eigenvalue weighted by Crippen LogP contribution is 2.58. The number of fused-ring (bicyclic) bond motifs is 6. The number of nitrogens with one attached hydrogen (secondary N) is 3. The molecule has 4 fully saturated rings. The molecular formula is C53H59FN10O7S. The number of aliphatic imine (C=N–C) groups is 1. The smallest absolute Gasteiger partial charge is 0.433 e. The highest BCUT2D eigenvalue weighted by atomic mass is 32.1. The number of carbonyl (C=O) groups excluding carboxylic acids is 4. The van der Waals surface area contributed by atoms with Gasteiger partial charge < -0.3 is 39.3 Å². The van der Waals surface area contributed by atoms with Gasteiger partial charge in [0.1, 0.15) is 29.2 Å². The molecule has 0 bridgehead atoms. The number of nitrogens with zero attached hydrogens (tertiary/aromatic N) is 7. The molecule has 6 aromatic rings. The number of rotatable bonds is 11. The van der Waals surface area contributed by atoms with Crippen LogP contribution < -0.4 is 10.1 Å². The van der Waals surface area contributed by atoms with Gasteiger partial charge in [0.25, 0.3) is 5.91 Å². The summed E-state index contributed by atoms with van der Waals surface area (Å²) in [7, 11) is 2.43. The van der Waals surface area contributed by atoms with Crippen molar-refractivity contribution >= 4 is 52.0 Å². The largest absolute Gasteiger partial charge is 0.464 e. The second-order valence-electron chi connectivity index (χ2n) is 20.8. The van der Waals surface area contributed by atoms with E-state index in [0.29, 0.717) is 30.5 Å². The molecule has 2 saturated carbocycles. The minimum Gasteiger partial charge on any atom is -0.464 e. The number of carbonyl (C=O) groups is 4. The number of thiazole rings is 1. The summed E-state index contributed by atoms with van der Waals surface area (Å²) in [4.78, 5) is 82.2. The summed E-state index contributed by atoms with van der Waals surface area (Å²) in [6, 6.07) is 11.1. The Morgan fingerprint density at radius 2 is 1.67 bits per heavy atom. The van der Waals surface area contributed by atoms with E-state index in [4.69, 9.17) is 24.4 Å². The van der Waals surface area contributed by atoms with Gasteiger partial charge in [-0.1, -0.05) is 33.3 Å². The lowest BCUT2D eigenvalue weighted by molar-refractivity contribution is -0.135. The maximum atomic E-state index is 15.5. The number of amides is 4. The Hall–Kier alpha value is -6.89. The maximum absolute atomic E-state index is 15.5. The molecule has 4 aromatic heterocycles. The number of aryl methyl sites for hydroxylation is 1. The number of benzene rings is 2. The van der Waals surface area contributed by atoms with Gasteiger partial charge in [0, 0.05) is 46.8 Å². The number of hydrogen-bond donors (Lipinski definition) is 3. The summed E-state index contributed by atoms with van der Waals surface area (Å²) in [5, 5.41) is 4.85. The van der Waals surface area contributed by atoms with Gasteiger partial charge in [-0.2, -0.15) is 4.99 Å². The minimum absolute atomic E-state index is 0.120. The quantitative estimate of drug-likeness (QED) is 0.105. The standard InChI is InChI=1S/C53H59FN10O7S/c1-25(2)42(60-51(67)69-7)48(65)62-16-10-13-36(62)45-55-23-34(59-45)30-17-26(3)41-37-19-31-18-29(14-15-35(31)63(37)50(71-39(41)20-30)40-24-57-47(72-40)28-11-9-12-28)33-22-56-46(58-33)38-21-32-27(4)43(32)64(38)49(66)44(53(5,6)54)61-52(68)70-8/h14-15,17-20,22-25,27-28,32,36,38,42-43,50H,9-13,16,21H2,1-8H3,(H,55,59)(H,56,58)(H,60,67)/b61-44-/t27?,32?,36-,38-,42-,43?,50?/m0/s1. The van der Waals surface area contributed by atoms with Crippen molar-refractivity contribution in [2.75, 3.05) is 20.8 Å². The van der Waals surface area contributed by atoms with E-state index in [1.807, 2.05) is 31.1 Å². The number of imidazole rings is 2. The molecule has 2 aromatic carbocycles. The van der Waals surface area contributed by atoms with Crippen LogP contribution in [0.1, 0.15) is 124 Å². The average molecular weight is 999 g/mol. The second kappa shape index (κ2) is 18.0. The maximum Gasteiger partial charge on any atom is 0.433 e. The first-order chi connectivity index (χ1) is 34.5. The van der Waals surface area contributed by atoms with Gasteiger partial charge in [0.15, 0.2) is 5.67 Å². The van der Waals surface area contributed by atoms with Crippen molar-refractivity contribution in [3.63, 3.8) is 0 Å². The van der Waals surface area contributed by atoms with E-state index in [1.165, 1.54) is 27.4 Å². The van der Waals surface area contributed by atoms with Crippen LogP contribution in [0.15, 0.2) is 60.0 Å². The van der Waals surface area contributed by atoms with E-state index >= 15 is 4.39 Å². The number of alkyl carbamates (subject to hydrolysis) is 1. The Kier molecular flexibility index (Phi) is 11.9. The molecule has 4 unspecified atom stereocenters. The molecule has 5 aliphatic rings. The van der Waals surface area contributed by atoms with E-state index in [9.17, 15) is 19.2 Å². The molecule has 7 heterocycles. The number of likely N-dealkylation sites (tertiary alicyclic amines) is 2. The Morgan fingerprint density at radius 3 is 2.35 bits per heavy atom. The van der Waals surface area contributed by atoms with Crippen LogP contribution in [0, 0.1) is 24.7 Å². The van der Waals surface area contributed by atoms with Crippen LogP contribution in [0.2, 0.25) is 0 Å². The lowest BCUT2D eigenvalue weighted by atomic mass is 9.86. The Bertz CT molecular complexity index is 3180. The Balaban J connectivity index is 0.921. The number of hydrogen-bond acceptors (Lipinski definition) is 11. The van der Waals surface area contributed by atoms with Crippen LogP contribution in [-0.4, -0.2) is 108 Å². The fourth-order valence-corrected chi connectivity index (χ4v) is 12.5. The van der Waals surface area contributed by atoms with Gasteiger partial charge in [0.2, 0.25) is 12.1 Å². The fourth-order valence-electron chi connectivity index (χ4n) is 11.4. The number of ether oxygens (including phenoxy) is 3. The third kappa shape index (κ3) is 8.12. The first-order valence-corrected chi connectivity index (χ1v) is 25.7. The van der Waals surface area contributed by atoms with Crippen molar-refractivity contribution < 1.29 is 37.8 Å². The lowest BCUT2D eigenvalue weighted by Crippen LogP contribution is -2.51. The van der Waals surface area contributed by atoms with Crippen molar-refractivity contribution in [1.29, 1.82) is 0 Å². The highest BCUT2D eigenvalue weighted by molar-refractivity contribution is 7.11. The molecule has 72 heavy (non-hydrogen) atoms. The van der Waals surface area contributed by atoms with E-state index in [1.54, 1.807) is 22.4 Å². The predicted octanol–water partition coefficient (Wildman–Crippen LogP) is 9.97. The monoisotopic (exact) mass is 998 g/mol. The summed E-state index contributed by atoms with van der Waals surface area (Å²) >= 11 is 1.71. The first-order valence-electron chi connectivity index (χ1n) is 24.9. The zero-order valence-corrected chi connectivity index (χ0v) is 42.4. The van der Waals surface area contributed by atoms with Crippen LogP contribution in [0.3, 0.4) is 0 Å². The third-order valence-corrected chi connectivity index (χ3v) is 16.7. The molecule has 7 atom stereocenters. The van der Waals surface area contributed by atoms with E-state index in [0.717, 1.165) is 98.7 Å². The van der Waals surface area contributed by atoms with E-state index < -0.39 is 47.8 Å². The van der Waals surface area contributed by atoms with Crippen LogP contribution in [-0.2, 0) is 19.1 Å². The molecule has 11 rings (SSSR count). The molecule has 17 nitrogen and oxygen atoms in total. The first kappa shape index (κ1) is 47.4. The number of methoxy groups -OCH3 is 2. The number of aromatic amines is 2. The molecule has 376 valence electrons. The molecule has 0 spiro atoms. The molecule has 3 N–H and O–H groups in total. The van der Waals surface area contributed by atoms with Crippen molar-refractivity contribution in [3.05, 3.63) is 82.1 Å². The van der Waals surface area contributed by atoms with Crippen LogP contribution in [0.25, 0.3) is 44.7 Å². The average Bonchev–Trinajstić information content (AvgIpc) is 4.14. The van der Waals surface area contributed by atoms with Crippen LogP contribution in [0.5, 0.6) is 5.75 Å². The summed E-state index contributed by atoms with van der Waals surface area (Å²) in [5.74, 6) is 1.94. The Labute approximate surface area is 420 Å². The third-order valence-electron chi connectivity index (χ3n) is 15.5. The molecule has 4 amide bonds. The van der Waals surface area contributed by atoms with Gasteiger partial charge >= 0.3 is 12.2 Å². The van der Waals surface area contributed by atoms with Crippen molar-refractivity contribution in [1.82, 2.24) is 44.6 Å². The summed E-state index contributed by atoms with van der Waals surface area (Å²) in [6.07, 6.45) is 9.03. The summed E-state index contributed by atoms with van der Waals surface area (Å²) < 4.78 is 34.4. The molecular weight excluding hydrogens is 940 g/mol. The molecule has 3 aliphatic heterocycles. The Morgan fingerprint density at radius 1 is 0.931 bits per heavy atom. The number of halogens is 1. The number of aromatic nitrogens is 6. The minimum atomic E-state index is -2.19. The van der Waals surface area contributed by atoms with Crippen LogP contribution in [0.4, 0.5) is 14.0 Å². The lowest BCUT2D eigenvalue weighted by Gasteiger charge is -2.30. The van der Waals surface area contributed by atoms with Crippen molar-refractivity contribution in [3.8, 4) is 39.5 Å². The predicted molar refractivity (Wildman–Crippen MR) is 268 cm³/mol. The summed E-state index contributed by atoms with van der Waals surface area (Å²) in [5.41, 5.74) is 4.61. The fraction of sp³-hybridized carbons (Fsp3) is 0.472. The normalized spacial score (nSPS) is 23.1. The topological polar surface area (TPSA) is 202 Å². The number of alkyl halides is 1. The molecule has 2 saturated heterocycles.